The zero-order valence-electron chi connectivity index (χ0n) is 15.6. The van der Waals surface area contributed by atoms with E-state index in [1.165, 1.54) is 25.7 Å². The summed E-state index contributed by atoms with van der Waals surface area (Å²) in [6.45, 7) is 6.92. The van der Waals surface area contributed by atoms with Gasteiger partial charge in [0, 0.05) is 0 Å². The first-order valence-corrected chi connectivity index (χ1v) is 10.1. The van der Waals surface area contributed by atoms with Crippen LogP contribution in [0.3, 0.4) is 0 Å². The first-order chi connectivity index (χ1) is 11.2. The average Bonchev–Trinajstić information content (AvgIpc) is 2.78. The minimum Gasteiger partial charge on any atom is -0.390 e. The van der Waals surface area contributed by atoms with Crippen LogP contribution < -0.4 is 0 Å². The van der Waals surface area contributed by atoms with Gasteiger partial charge in [-0.15, -0.1) is 6.42 Å². The maximum Gasteiger partial charge on any atom is 0.125 e. The summed E-state index contributed by atoms with van der Waals surface area (Å²) >= 11 is 0. The zero-order chi connectivity index (χ0) is 17.4. The summed E-state index contributed by atoms with van der Waals surface area (Å²) in [5.41, 5.74) is -0.915. The van der Waals surface area contributed by atoms with Crippen molar-refractivity contribution < 1.29 is 10.2 Å². The van der Waals surface area contributed by atoms with Gasteiger partial charge in [-0.1, -0.05) is 19.8 Å². The lowest BCUT2D eigenvalue weighted by Crippen LogP contribution is -2.57. The molecule has 24 heavy (non-hydrogen) atoms. The summed E-state index contributed by atoms with van der Waals surface area (Å²) in [5.74, 6) is 5.44. The van der Waals surface area contributed by atoms with Gasteiger partial charge in [0.15, 0.2) is 0 Å². The lowest BCUT2D eigenvalue weighted by molar-refractivity contribution is -0.159. The topological polar surface area (TPSA) is 40.5 Å². The van der Waals surface area contributed by atoms with Crippen LogP contribution in [0.15, 0.2) is 0 Å². The van der Waals surface area contributed by atoms with Gasteiger partial charge in [0.05, 0.1) is 5.60 Å². The van der Waals surface area contributed by atoms with Crippen molar-refractivity contribution in [2.45, 2.75) is 89.8 Å². The van der Waals surface area contributed by atoms with Crippen LogP contribution in [0.1, 0.15) is 78.6 Å². The van der Waals surface area contributed by atoms with Crippen molar-refractivity contribution >= 4 is 0 Å². The Morgan fingerprint density at radius 1 is 0.875 bits per heavy atom. The van der Waals surface area contributed by atoms with E-state index >= 15 is 0 Å². The highest BCUT2D eigenvalue weighted by atomic mass is 16.3. The van der Waals surface area contributed by atoms with Crippen LogP contribution >= 0.6 is 0 Å². The Morgan fingerprint density at radius 3 is 2.29 bits per heavy atom. The van der Waals surface area contributed by atoms with Crippen molar-refractivity contribution in [2.75, 3.05) is 0 Å². The molecule has 134 valence electrons. The molecule has 0 radical (unpaired) electrons. The largest absolute Gasteiger partial charge is 0.390 e. The number of fused-ring (bicyclic) bond motifs is 5. The zero-order valence-corrected chi connectivity index (χ0v) is 15.6. The van der Waals surface area contributed by atoms with E-state index < -0.39 is 11.2 Å². The molecule has 0 spiro atoms. The standard InChI is InChI=1S/C22H34O2/c1-5-22(24)13-12-19(2)15(14-22)6-7-16-17(19)8-10-20(3)18(16)9-11-21(20,4)23/h1,15-18,23-24H,6-14H2,2-4H3/t15-,16-,17+,18+,19-,20-,21-,22+/m0/s1. The Hall–Kier alpha value is -0.520. The van der Waals surface area contributed by atoms with E-state index in [4.69, 9.17) is 6.42 Å². The van der Waals surface area contributed by atoms with E-state index in [2.05, 4.69) is 26.7 Å². The van der Waals surface area contributed by atoms with E-state index in [-0.39, 0.29) is 5.41 Å². The first-order valence-electron chi connectivity index (χ1n) is 10.1. The molecule has 0 aromatic rings. The van der Waals surface area contributed by atoms with Gasteiger partial charge in [-0.05, 0) is 99.2 Å². The Kier molecular flexibility index (Phi) is 3.54. The monoisotopic (exact) mass is 330 g/mol. The van der Waals surface area contributed by atoms with Gasteiger partial charge in [-0.25, -0.2) is 0 Å². The second-order valence-electron chi connectivity index (χ2n) is 10.3. The number of aliphatic hydroxyl groups is 2. The number of rotatable bonds is 0. The predicted molar refractivity (Wildman–Crippen MR) is 96.1 cm³/mol. The van der Waals surface area contributed by atoms with Crippen LogP contribution in [0.5, 0.6) is 0 Å². The molecule has 4 aliphatic rings. The van der Waals surface area contributed by atoms with Crippen molar-refractivity contribution in [1.82, 2.24) is 0 Å². The molecule has 0 aromatic heterocycles. The van der Waals surface area contributed by atoms with Crippen molar-refractivity contribution in [2.24, 2.45) is 34.5 Å². The van der Waals surface area contributed by atoms with Gasteiger partial charge in [0.1, 0.15) is 5.60 Å². The van der Waals surface area contributed by atoms with E-state index in [0.717, 1.165) is 43.9 Å². The van der Waals surface area contributed by atoms with Crippen LogP contribution in [-0.4, -0.2) is 21.4 Å². The second kappa shape index (κ2) is 5.01. The highest BCUT2D eigenvalue weighted by Gasteiger charge is 2.63. The molecule has 4 saturated carbocycles. The smallest absolute Gasteiger partial charge is 0.125 e. The number of hydrogen-bond acceptors (Lipinski definition) is 2. The Labute approximate surface area is 147 Å². The minimum atomic E-state index is -0.864. The molecule has 2 N–H and O–H groups in total. The van der Waals surface area contributed by atoms with Gasteiger partial charge >= 0.3 is 0 Å². The Balaban J connectivity index is 1.62. The van der Waals surface area contributed by atoms with Gasteiger partial charge in [0.25, 0.3) is 0 Å². The second-order valence-corrected chi connectivity index (χ2v) is 10.3. The third-order valence-corrected chi connectivity index (χ3v) is 9.56. The summed E-state index contributed by atoms with van der Waals surface area (Å²) < 4.78 is 0. The fraction of sp³-hybridized carbons (Fsp3) is 0.909. The summed E-state index contributed by atoms with van der Waals surface area (Å²) in [7, 11) is 0. The van der Waals surface area contributed by atoms with Crippen LogP contribution in [0.2, 0.25) is 0 Å². The van der Waals surface area contributed by atoms with Crippen molar-refractivity contribution in [3.63, 3.8) is 0 Å². The third-order valence-electron chi connectivity index (χ3n) is 9.56. The highest BCUT2D eigenvalue weighted by molar-refractivity contribution is 5.17. The fourth-order valence-corrected chi connectivity index (χ4v) is 7.62. The molecule has 2 heteroatoms. The van der Waals surface area contributed by atoms with Gasteiger partial charge in [-0.3, -0.25) is 0 Å². The van der Waals surface area contributed by atoms with Crippen LogP contribution in [-0.2, 0) is 0 Å². The molecule has 2 nitrogen and oxygen atoms in total. The fourth-order valence-electron chi connectivity index (χ4n) is 7.62. The summed E-state index contributed by atoms with van der Waals surface area (Å²) in [5, 5.41) is 21.6. The lowest BCUT2D eigenvalue weighted by Gasteiger charge is -2.62. The maximum absolute atomic E-state index is 11.0. The SMILES string of the molecule is C#C[C@@]1(O)CC[C@@]2(C)[C@@H](CC[C@H]3[C@H]2CC[C@@]2(C)[C@@H]3CC[C@]2(C)O)C1. The molecule has 0 bridgehead atoms. The summed E-state index contributed by atoms with van der Waals surface area (Å²) in [6.07, 6.45) is 15.3. The first kappa shape index (κ1) is 16.9. The molecule has 0 saturated heterocycles. The highest BCUT2D eigenvalue weighted by Crippen LogP contribution is 2.68. The van der Waals surface area contributed by atoms with E-state index in [9.17, 15) is 10.2 Å². The van der Waals surface area contributed by atoms with Crippen molar-refractivity contribution in [1.29, 1.82) is 0 Å². The minimum absolute atomic E-state index is 0.103. The molecule has 4 aliphatic carbocycles. The molecule has 0 heterocycles. The molecule has 4 fully saturated rings. The molecule has 0 unspecified atom stereocenters. The summed E-state index contributed by atoms with van der Waals surface area (Å²) in [4.78, 5) is 0. The van der Waals surface area contributed by atoms with E-state index in [0.29, 0.717) is 17.3 Å². The van der Waals surface area contributed by atoms with Crippen molar-refractivity contribution in [3.8, 4) is 12.3 Å². The van der Waals surface area contributed by atoms with E-state index in [1.807, 2.05) is 0 Å². The third kappa shape index (κ3) is 2.04. The van der Waals surface area contributed by atoms with Gasteiger partial charge < -0.3 is 10.2 Å². The molecule has 4 rings (SSSR count). The van der Waals surface area contributed by atoms with Crippen molar-refractivity contribution in [3.05, 3.63) is 0 Å². The number of terminal acetylenes is 1. The molecular weight excluding hydrogens is 296 g/mol. The normalized spacial score (nSPS) is 59.8. The van der Waals surface area contributed by atoms with Crippen LogP contribution in [0.25, 0.3) is 0 Å². The molecular formula is C22H34O2. The Bertz CT molecular complexity index is 575. The van der Waals surface area contributed by atoms with Gasteiger partial charge in [-0.2, -0.15) is 0 Å². The van der Waals surface area contributed by atoms with Crippen LogP contribution in [0, 0.1) is 46.8 Å². The summed E-state index contributed by atoms with van der Waals surface area (Å²) in [6, 6.07) is 0. The van der Waals surface area contributed by atoms with Crippen LogP contribution in [0.4, 0.5) is 0 Å². The molecule has 8 atom stereocenters. The molecule has 0 amide bonds. The lowest BCUT2D eigenvalue weighted by atomic mass is 9.43. The van der Waals surface area contributed by atoms with E-state index in [1.54, 1.807) is 0 Å². The quantitative estimate of drug-likeness (QED) is 0.655. The maximum atomic E-state index is 11.0. The average molecular weight is 331 g/mol. The molecule has 0 aliphatic heterocycles. The predicted octanol–water partition coefficient (Wildman–Crippen LogP) is 4.14. The van der Waals surface area contributed by atoms with Gasteiger partial charge in [0.2, 0.25) is 0 Å². The Morgan fingerprint density at radius 2 is 1.58 bits per heavy atom. The molecule has 0 aromatic carbocycles. The number of hydrogen-bond donors (Lipinski definition) is 2.